The van der Waals surface area contributed by atoms with Gasteiger partial charge in [0.2, 0.25) is 5.91 Å². The van der Waals surface area contributed by atoms with Crippen LogP contribution >= 0.6 is 0 Å². The number of para-hydroxylation sites is 2. The molecule has 1 aliphatic heterocycles. The second kappa shape index (κ2) is 17.8. The zero-order chi connectivity index (χ0) is 38.1. The number of carbonyl (C=O) groups is 2. The summed E-state index contributed by atoms with van der Waals surface area (Å²) in [5.41, 5.74) is 3.55. The van der Waals surface area contributed by atoms with Crippen LogP contribution < -0.4 is 15.0 Å². The number of aliphatic hydroxyl groups is 1. The van der Waals surface area contributed by atoms with Crippen LogP contribution in [0.4, 0.5) is 30.2 Å². The number of benzene rings is 4. The average Bonchev–Trinajstić information content (AvgIpc) is 3.14. The molecule has 53 heavy (non-hydrogen) atoms. The Balaban J connectivity index is 1.34. The van der Waals surface area contributed by atoms with Crippen LogP contribution in [0.5, 0.6) is 5.75 Å². The van der Waals surface area contributed by atoms with Crippen LogP contribution in [-0.2, 0) is 23.9 Å². The Morgan fingerprint density at radius 3 is 2.26 bits per heavy atom. The highest BCUT2D eigenvalue weighted by Crippen LogP contribution is 2.36. The number of nitrogens with zero attached hydrogens (tertiary/aromatic N) is 3. The number of hydrogen-bond acceptors (Lipinski definition) is 6. The van der Waals surface area contributed by atoms with Gasteiger partial charge in [-0.05, 0) is 80.1 Å². The summed E-state index contributed by atoms with van der Waals surface area (Å²) in [5.74, 6) is -0.735. The largest absolute Gasteiger partial charge is 0.486 e. The van der Waals surface area contributed by atoms with Gasteiger partial charge in [0.05, 0.1) is 35.9 Å². The molecule has 0 fully saturated rings. The van der Waals surface area contributed by atoms with Crippen LogP contribution in [0.15, 0.2) is 97.1 Å². The summed E-state index contributed by atoms with van der Waals surface area (Å²) < 4.78 is 45.8. The standard InChI is InChI=1S/C42H49F3N4O4/c1-5-6-23-48(34-11-8-7-9-12-34)35-21-17-32(18-22-35)26-47(4)27-38-29(2)25-49(30(3)28-50)41(52)36-13-10-14-37(40(36)53-38)46-39(51)24-31-15-19-33(20-16-31)42(43,44)45/h7-22,29-30,38,50H,5-6,23-28H2,1-4H3,(H,46,51)/t29-,30+,38-/m1/s1. The van der Waals surface area contributed by atoms with Gasteiger partial charge in [-0.2, -0.15) is 13.2 Å². The molecule has 3 atom stereocenters. The number of amides is 2. The molecule has 282 valence electrons. The minimum Gasteiger partial charge on any atom is -0.486 e. The highest BCUT2D eigenvalue weighted by molar-refractivity contribution is 6.02. The molecule has 1 aliphatic rings. The van der Waals surface area contributed by atoms with Gasteiger partial charge in [0, 0.05) is 43.5 Å². The van der Waals surface area contributed by atoms with Crippen molar-refractivity contribution in [2.75, 3.05) is 43.5 Å². The van der Waals surface area contributed by atoms with E-state index in [1.807, 2.05) is 32.2 Å². The molecule has 0 saturated heterocycles. The number of rotatable bonds is 14. The van der Waals surface area contributed by atoms with Crippen molar-refractivity contribution >= 4 is 28.9 Å². The van der Waals surface area contributed by atoms with Gasteiger partial charge in [0.25, 0.3) is 5.91 Å². The van der Waals surface area contributed by atoms with Gasteiger partial charge in [-0.1, -0.05) is 68.8 Å². The molecule has 1 heterocycles. The fraction of sp³-hybridized carbons (Fsp3) is 0.381. The first-order chi connectivity index (χ1) is 25.4. The van der Waals surface area contributed by atoms with E-state index < -0.39 is 29.8 Å². The predicted octanol–water partition coefficient (Wildman–Crippen LogP) is 8.18. The van der Waals surface area contributed by atoms with Crippen LogP contribution in [0.2, 0.25) is 0 Å². The molecule has 0 aromatic heterocycles. The minimum absolute atomic E-state index is 0.153. The Bertz CT molecular complexity index is 1800. The highest BCUT2D eigenvalue weighted by Gasteiger charge is 2.35. The van der Waals surface area contributed by atoms with Crippen molar-refractivity contribution in [1.29, 1.82) is 0 Å². The van der Waals surface area contributed by atoms with E-state index in [0.717, 1.165) is 48.5 Å². The number of fused-ring (bicyclic) bond motifs is 1. The van der Waals surface area contributed by atoms with Crippen LogP contribution in [0.25, 0.3) is 0 Å². The number of ether oxygens (including phenoxy) is 1. The van der Waals surface area contributed by atoms with Gasteiger partial charge in [0.15, 0.2) is 5.75 Å². The fourth-order valence-electron chi connectivity index (χ4n) is 6.55. The lowest BCUT2D eigenvalue weighted by molar-refractivity contribution is -0.137. The first kappa shape index (κ1) is 39.3. The van der Waals surface area contributed by atoms with Crippen LogP contribution in [0.3, 0.4) is 0 Å². The molecule has 4 aromatic carbocycles. The van der Waals surface area contributed by atoms with Crippen molar-refractivity contribution in [3.05, 3.63) is 119 Å². The zero-order valence-corrected chi connectivity index (χ0v) is 30.8. The Kier molecular flexibility index (Phi) is 13.2. The lowest BCUT2D eigenvalue weighted by Gasteiger charge is -2.38. The summed E-state index contributed by atoms with van der Waals surface area (Å²) in [6.45, 7) is 8.17. The smallest absolute Gasteiger partial charge is 0.416 e. The predicted molar refractivity (Wildman–Crippen MR) is 203 cm³/mol. The van der Waals surface area contributed by atoms with Gasteiger partial charge >= 0.3 is 6.18 Å². The molecule has 8 nitrogen and oxygen atoms in total. The molecule has 0 saturated carbocycles. The van der Waals surface area contributed by atoms with Crippen molar-refractivity contribution in [2.45, 2.75) is 64.9 Å². The molecule has 2 N–H and O–H groups in total. The Morgan fingerprint density at radius 1 is 0.962 bits per heavy atom. The maximum Gasteiger partial charge on any atom is 0.416 e. The summed E-state index contributed by atoms with van der Waals surface area (Å²) in [7, 11) is 2.01. The maximum absolute atomic E-state index is 13.9. The number of aliphatic hydroxyl groups excluding tert-OH is 1. The quantitative estimate of drug-likeness (QED) is 0.136. The molecule has 0 radical (unpaired) electrons. The molecule has 0 bridgehead atoms. The lowest BCUT2D eigenvalue weighted by Crippen LogP contribution is -2.49. The third kappa shape index (κ3) is 10.2. The van der Waals surface area contributed by atoms with Crippen molar-refractivity contribution in [1.82, 2.24) is 9.80 Å². The second-order valence-corrected chi connectivity index (χ2v) is 13.9. The molecular weight excluding hydrogens is 681 g/mol. The molecular formula is C42H49F3N4O4. The van der Waals surface area contributed by atoms with E-state index in [1.54, 1.807) is 30.0 Å². The Labute approximate surface area is 310 Å². The van der Waals surface area contributed by atoms with Crippen LogP contribution in [0, 0.1) is 5.92 Å². The average molecular weight is 731 g/mol. The van der Waals surface area contributed by atoms with E-state index >= 15 is 0 Å². The van der Waals surface area contributed by atoms with Crippen molar-refractivity contribution < 1.29 is 32.6 Å². The summed E-state index contributed by atoms with van der Waals surface area (Å²) in [6.07, 6.45) is -2.88. The van der Waals surface area contributed by atoms with E-state index in [2.05, 4.69) is 58.4 Å². The summed E-state index contributed by atoms with van der Waals surface area (Å²) >= 11 is 0. The number of anilines is 3. The number of unbranched alkanes of at least 4 members (excludes halogenated alkanes) is 1. The van der Waals surface area contributed by atoms with E-state index in [-0.39, 0.29) is 41.9 Å². The Hall–Kier alpha value is -4.87. The summed E-state index contributed by atoms with van der Waals surface area (Å²) in [4.78, 5) is 33.2. The maximum atomic E-state index is 13.9. The van der Waals surface area contributed by atoms with Gasteiger partial charge in [0.1, 0.15) is 6.10 Å². The second-order valence-electron chi connectivity index (χ2n) is 13.9. The first-order valence-corrected chi connectivity index (χ1v) is 18.2. The van der Waals surface area contributed by atoms with E-state index in [0.29, 0.717) is 25.2 Å². The zero-order valence-electron chi connectivity index (χ0n) is 30.8. The molecule has 0 spiro atoms. The van der Waals surface area contributed by atoms with Crippen molar-refractivity contribution in [3.8, 4) is 5.75 Å². The Morgan fingerprint density at radius 2 is 1.62 bits per heavy atom. The van der Waals surface area contributed by atoms with E-state index in [4.69, 9.17) is 4.74 Å². The first-order valence-electron chi connectivity index (χ1n) is 18.2. The lowest BCUT2D eigenvalue weighted by atomic mass is 9.98. The third-order valence-electron chi connectivity index (χ3n) is 9.61. The van der Waals surface area contributed by atoms with E-state index in [9.17, 15) is 27.9 Å². The number of alkyl halides is 3. The monoisotopic (exact) mass is 730 g/mol. The van der Waals surface area contributed by atoms with Gasteiger partial charge in [-0.3, -0.25) is 14.5 Å². The number of halogens is 3. The number of carbonyl (C=O) groups excluding carboxylic acids is 2. The molecule has 2 amide bonds. The van der Waals surface area contributed by atoms with E-state index in [1.165, 1.54) is 12.1 Å². The highest BCUT2D eigenvalue weighted by atomic mass is 19.4. The molecule has 0 aliphatic carbocycles. The van der Waals surface area contributed by atoms with Gasteiger partial charge in [-0.25, -0.2) is 0 Å². The summed E-state index contributed by atoms with van der Waals surface area (Å²) in [6, 6.07) is 27.9. The molecule has 5 rings (SSSR count). The molecule has 11 heteroatoms. The minimum atomic E-state index is -4.48. The normalized spacial score (nSPS) is 16.7. The third-order valence-corrected chi connectivity index (χ3v) is 9.61. The molecule has 0 unspecified atom stereocenters. The van der Waals surface area contributed by atoms with Crippen molar-refractivity contribution in [2.24, 2.45) is 5.92 Å². The number of hydrogen-bond donors (Lipinski definition) is 2. The van der Waals surface area contributed by atoms with Crippen LogP contribution in [0.1, 0.15) is 60.7 Å². The van der Waals surface area contributed by atoms with Crippen molar-refractivity contribution in [3.63, 3.8) is 0 Å². The topological polar surface area (TPSA) is 85.4 Å². The summed E-state index contributed by atoms with van der Waals surface area (Å²) in [5, 5.41) is 12.9. The SMILES string of the molecule is CCCCN(c1ccccc1)c1ccc(CN(C)C[C@H]2Oc3c(NC(=O)Cc4ccc(C(F)(F)F)cc4)cccc3C(=O)N([C@@H](C)CO)C[C@H]2C)cc1. The molecule has 4 aromatic rings. The number of nitrogens with one attached hydrogen (secondary N) is 1. The van der Waals surface area contributed by atoms with Gasteiger partial charge < -0.3 is 25.0 Å². The van der Waals surface area contributed by atoms with Gasteiger partial charge in [-0.15, -0.1) is 0 Å². The number of likely N-dealkylation sites (N-methyl/N-ethyl adjacent to an activating group) is 1. The fourth-order valence-corrected chi connectivity index (χ4v) is 6.55. The van der Waals surface area contributed by atoms with Crippen LogP contribution in [-0.4, -0.2) is 72.2 Å².